The number of sulfonamides is 1. The third-order valence-corrected chi connectivity index (χ3v) is 5.28. The van der Waals surface area contributed by atoms with Gasteiger partial charge in [0, 0.05) is 19.0 Å². The largest absolute Gasteiger partial charge is 0.387 e. The molecule has 0 atom stereocenters. The fourth-order valence-corrected chi connectivity index (χ4v) is 3.73. The Bertz CT molecular complexity index is 580. The minimum Gasteiger partial charge on any atom is -0.387 e. The number of benzene rings is 1. The minimum absolute atomic E-state index is 0.0768. The van der Waals surface area contributed by atoms with Gasteiger partial charge in [0.15, 0.2) is 0 Å². The SMILES string of the molecule is N=C(N)C1CCN(S(=O)(=O)c2ccccc2F)CC1. The van der Waals surface area contributed by atoms with Gasteiger partial charge in [0.2, 0.25) is 10.0 Å². The van der Waals surface area contributed by atoms with Crippen LogP contribution in [0.1, 0.15) is 12.8 Å². The average molecular weight is 285 g/mol. The van der Waals surface area contributed by atoms with Crippen molar-refractivity contribution in [3.63, 3.8) is 0 Å². The van der Waals surface area contributed by atoms with Crippen molar-refractivity contribution in [2.45, 2.75) is 17.7 Å². The molecule has 0 aromatic heterocycles. The number of rotatable bonds is 3. The highest BCUT2D eigenvalue weighted by Crippen LogP contribution is 2.24. The molecule has 1 aliphatic rings. The van der Waals surface area contributed by atoms with Crippen LogP contribution < -0.4 is 5.73 Å². The molecule has 104 valence electrons. The first kappa shape index (κ1) is 14.0. The molecular formula is C12H16FN3O2S. The van der Waals surface area contributed by atoms with Crippen molar-refractivity contribution in [1.29, 1.82) is 5.41 Å². The Kier molecular flexibility index (Phi) is 3.86. The number of nitrogens with two attached hydrogens (primary N) is 1. The Hall–Kier alpha value is -1.47. The van der Waals surface area contributed by atoms with E-state index in [4.69, 9.17) is 11.1 Å². The van der Waals surface area contributed by atoms with E-state index in [1.807, 2.05) is 0 Å². The van der Waals surface area contributed by atoms with E-state index in [0.29, 0.717) is 12.8 Å². The molecule has 1 saturated heterocycles. The second-order valence-electron chi connectivity index (χ2n) is 4.56. The van der Waals surface area contributed by atoms with Gasteiger partial charge in [-0.1, -0.05) is 12.1 Å². The fraction of sp³-hybridized carbons (Fsp3) is 0.417. The zero-order valence-electron chi connectivity index (χ0n) is 10.3. The number of hydrogen-bond acceptors (Lipinski definition) is 3. The van der Waals surface area contributed by atoms with E-state index in [1.165, 1.54) is 22.5 Å². The molecule has 1 aliphatic heterocycles. The molecule has 2 rings (SSSR count). The number of amidine groups is 1. The normalized spacial score (nSPS) is 18.4. The Morgan fingerprint density at radius 3 is 2.42 bits per heavy atom. The van der Waals surface area contributed by atoms with Gasteiger partial charge in [-0.3, -0.25) is 5.41 Å². The summed E-state index contributed by atoms with van der Waals surface area (Å²) in [6.07, 6.45) is 1.01. The summed E-state index contributed by atoms with van der Waals surface area (Å²) in [6.45, 7) is 0.530. The van der Waals surface area contributed by atoms with Gasteiger partial charge in [-0.2, -0.15) is 4.31 Å². The van der Waals surface area contributed by atoms with Gasteiger partial charge < -0.3 is 5.73 Å². The lowest BCUT2D eigenvalue weighted by Gasteiger charge is -2.30. The van der Waals surface area contributed by atoms with Crippen LogP contribution in [0.4, 0.5) is 4.39 Å². The molecule has 0 spiro atoms. The maximum absolute atomic E-state index is 13.6. The van der Waals surface area contributed by atoms with E-state index in [0.717, 1.165) is 6.07 Å². The summed E-state index contributed by atoms with van der Waals surface area (Å²) in [7, 11) is -3.79. The third-order valence-electron chi connectivity index (χ3n) is 3.35. The lowest BCUT2D eigenvalue weighted by molar-refractivity contribution is 0.313. The summed E-state index contributed by atoms with van der Waals surface area (Å²) in [4.78, 5) is -0.295. The van der Waals surface area contributed by atoms with Gasteiger partial charge in [-0.25, -0.2) is 12.8 Å². The third kappa shape index (κ3) is 2.76. The van der Waals surface area contributed by atoms with Crippen LogP contribution in [0.2, 0.25) is 0 Å². The topological polar surface area (TPSA) is 87.2 Å². The van der Waals surface area contributed by atoms with Crippen LogP contribution >= 0.6 is 0 Å². The van der Waals surface area contributed by atoms with Crippen molar-refractivity contribution in [3.8, 4) is 0 Å². The summed E-state index contributed by atoms with van der Waals surface area (Å²) < 4.78 is 39.4. The highest BCUT2D eigenvalue weighted by molar-refractivity contribution is 7.89. The first-order chi connectivity index (χ1) is 8.93. The molecule has 0 radical (unpaired) electrons. The molecule has 5 nitrogen and oxygen atoms in total. The van der Waals surface area contributed by atoms with Crippen LogP contribution in [0, 0.1) is 17.1 Å². The van der Waals surface area contributed by atoms with E-state index in [2.05, 4.69) is 0 Å². The molecule has 0 bridgehead atoms. The minimum atomic E-state index is -3.79. The van der Waals surface area contributed by atoms with Crippen LogP contribution in [-0.4, -0.2) is 31.6 Å². The zero-order chi connectivity index (χ0) is 14.0. The summed E-state index contributed by atoms with van der Waals surface area (Å²) in [5.74, 6) is -0.730. The molecule has 1 fully saturated rings. The van der Waals surface area contributed by atoms with E-state index in [1.54, 1.807) is 0 Å². The molecule has 0 aliphatic carbocycles. The smallest absolute Gasteiger partial charge is 0.245 e. The molecule has 19 heavy (non-hydrogen) atoms. The van der Waals surface area contributed by atoms with E-state index in [-0.39, 0.29) is 29.7 Å². The second-order valence-corrected chi connectivity index (χ2v) is 6.47. The molecular weight excluding hydrogens is 269 g/mol. The van der Waals surface area contributed by atoms with Gasteiger partial charge in [0.1, 0.15) is 10.7 Å². The predicted octanol–water partition coefficient (Wildman–Crippen LogP) is 1.16. The number of nitrogens with zero attached hydrogens (tertiary/aromatic N) is 1. The maximum atomic E-state index is 13.6. The molecule has 0 unspecified atom stereocenters. The van der Waals surface area contributed by atoms with Crippen LogP contribution in [0.5, 0.6) is 0 Å². The van der Waals surface area contributed by atoms with Gasteiger partial charge >= 0.3 is 0 Å². The van der Waals surface area contributed by atoms with Gasteiger partial charge in [0.05, 0.1) is 5.84 Å². The Balaban J connectivity index is 2.19. The van der Waals surface area contributed by atoms with E-state index in [9.17, 15) is 12.8 Å². The van der Waals surface area contributed by atoms with Gasteiger partial charge in [-0.05, 0) is 25.0 Å². The first-order valence-corrected chi connectivity index (χ1v) is 7.45. The highest BCUT2D eigenvalue weighted by Gasteiger charge is 2.31. The molecule has 1 aromatic carbocycles. The van der Waals surface area contributed by atoms with Gasteiger partial charge in [0.25, 0.3) is 0 Å². The van der Waals surface area contributed by atoms with Crippen LogP contribution in [0.3, 0.4) is 0 Å². The van der Waals surface area contributed by atoms with Gasteiger partial charge in [-0.15, -0.1) is 0 Å². The van der Waals surface area contributed by atoms with Crippen molar-refractivity contribution in [3.05, 3.63) is 30.1 Å². The molecule has 7 heteroatoms. The average Bonchev–Trinajstić information content (AvgIpc) is 2.39. The predicted molar refractivity (Wildman–Crippen MR) is 69.8 cm³/mol. The number of halogens is 1. The lowest BCUT2D eigenvalue weighted by Crippen LogP contribution is -2.41. The second kappa shape index (κ2) is 5.26. The monoisotopic (exact) mass is 285 g/mol. The standard InChI is InChI=1S/C12H16FN3O2S/c13-10-3-1-2-4-11(10)19(17,18)16-7-5-9(6-8-16)12(14)15/h1-4,9H,5-8H2,(H3,14,15). The highest BCUT2D eigenvalue weighted by atomic mass is 32.2. The number of nitrogens with one attached hydrogen (secondary N) is 1. The first-order valence-electron chi connectivity index (χ1n) is 6.01. The summed E-state index contributed by atoms with van der Waals surface area (Å²) in [6, 6.07) is 5.35. The van der Waals surface area contributed by atoms with Crippen molar-refractivity contribution < 1.29 is 12.8 Å². The van der Waals surface area contributed by atoms with Crippen molar-refractivity contribution in [2.24, 2.45) is 11.7 Å². The van der Waals surface area contributed by atoms with Crippen LogP contribution in [0.25, 0.3) is 0 Å². The van der Waals surface area contributed by atoms with Crippen molar-refractivity contribution in [1.82, 2.24) is 4.31 Å². The molecule has 1 heterocycles. The zero-order valence-corrected chi connectivity index (χ0v) is 11.2. The fourth-order valence-electron chi connectivity index (χ4n) is 2.20. The molecule has 1 aromatic rings. The lowest BCUT2D eigenvalue weighted by atomic mass is 9.97. The number of piperidine rings is 1. The van der Waals surface area contributed by atoms with E-state index < -0.39 is 15.8 Å². The maximum Gasteiger partial charge on any atom is 0.245 e. The Morgan fingerprint density at radius 2 is 1.89 bits per heavy atom. The molecule has 0 saturated carbocycles. The quantitative estimate of drug-likeness (QED) is 0.645. The summed E-state index contributed by atoms with van der Waals surface area (Å²) in [5.41, 5.74) is 5.41. The van der Waals surface area contributed by atoms with E-state index >= 15 is 0 Å². The molecule has 3 N–H and O–H groups in total. The number of hydrogen-bond donors (Lipinski definition) is 2. The van der Waals surface area contributed by atoms with Crippen LogP contribution in [-0.2, 0) is 10.0 Å². The Labute approximate surface area is 111 Å². The Morgan fingerprint density at radius 1 is 1.32 bits per heavy atom. The van der Waals surface area contributed by atoms with Crippen LogP contribution in [0.15, 0.2) is 29.2 Å². The van der Waals surface area contributed by atoms with Crippen molar-refractivity contribution >= 4 is 15.9 Å². The summed E-state index contributed by atoms with van der Waals surface area (Å²) in [5, 5.41) is 7.36. The molecule has 0 amide bonds. The summed E-state index contributed by atoms with van der Waals surface area (Å²) >= 11 is 0. The van der Waals surface area contributed by atoms with Crippen molar-refractivity contribution in [2.75, 3.05) is 13.1 Å².